The Morgan fingerprint density at radius 1 is 1.62 bits per heavy atom. The molecule has 1 saturated carbocycles. The first kappa shape index (κ1) is 8.23. The fourth-order valence-corrected chi connectivity index (χ4v) is 1.03. The number of aromatic nitrogens is 1. The number of hydrogen-bond acceptors (Lipinski definition) is 3. The van der Waals surface area contributed by atoms with Crippen LogP contribution in [0.5, 0.6) is 5.75 Å². The lowest BCUT2D eigenvalue weighted by Crippen LogP contribution is -2.18. The fourth-order valence-electron chi connectivity index (χ4n) is 1.03. The van der Waals surface area contributed by atoms with Gasteiger partial charge < -0.3 is 4.74 Å². The number of pyridine rings is 1. The first-order chi connectivity index (χ1) is 6.21. The summed E-state index contributed by atoms with van der Waals surface area (Å²) in [6, 6.07) is 3.48. The minimum atomic E-state index is -0.226. The van der Waals surface area contributed by atoms with Gasteiger partial charge in [-0.25, -0.2) is 0 Å². The van der Waals surface area contributed by atoms with Gasteiger partial charge in [0.05, 0.1) is 11.6 Å². The van der Waals surface area contributed by atoms with Crippen molar-refractivity contribution in [2.45, 2.75) is 19.8 Å². The second kappa shape index (κ2) is 2.83. The highest BCUT2D eigenvalue weighted by atomic mass is 16.5. The van der Waals surface area contributed by atoms with E-state index in [-0.39, 0.29) is 11.4 Å². The van der Waals surface area contributed by atoms with E-state index in [0.717, 1.165) is 12.8 Å². The second-order valence-electron chi connectivity index (χ2n) is 3.64. The third-order valence-corrected chi connectivity index (χ3v) is 2.34. The maximum Gasteiger partial charge on any atom is 0.317 e. The molecule has 0 atom stereocenters. The van der Waals surface area contributed by atoms with Gasteiger partial charge in [-0.05, 0) is 31.9 Å². The van der Waals surface area contributed by atoms with Crippen molar-refractivity contribution in [3.05, 3.63) is 24.5 Å². The van der Waals surface area contributed by atoms with Gasteiger partial charge in [-0.3, -0.25) is 9.78 Å². The number of rotatable bonds is 2. The van der Waals surface area contributed by atoms with Crippen molar-refractivity contribution >= 4 is 5.97 Å². The van der Waals surface area contributed by atoms with Crippen molar-refractivity contribution in [3.63, 3.8) is 0 Å². The molecule has 3 heteroatoms. The van der Waals surface area contributed by atoms with Gasteiger partial charge in [-0.15, -0.1) is 0 Å². The zero-order valence-corrected chi connectivity index (χ0v) is 7.49. The highest BCUT2D eigenvalue weighted by Gasteiger charge is 2.46. The molecule has 13 heavy (non-hydrogen) atoms. The summed E-state index contributed by atoms with van der Waals surface area (Å²) >= 11 is 0. The largest absolute Gasteiger partial charge is 0.424 e. The standard InChI is InChI=1S/C10H11NO2/c1-10(4-5-10)9(12)13-8-3-2-6-11-7-8/h2-3,6-7H,4-5H2,1H3. The van der Waals surface area contributed by atoms with Gasteiger partial charge in [-0.2, -0.15) is 0 Å². The van der Waals surface area contributed by atoms with Gasteiger partial charge in [0.2, 0.25) is 0 Å². The predicted octanol–water partition coefficient (Wildman–Crippen LogP) is 1.79. The lowest BCUT2D eigenvalue weighted by atomic mass is 10.1. The van der Waals surface area contributed by atoms with Crippen LogP contribution in [0.1, 0.15) is 19.8 Å². The zero-order valence-electron chi connectivity index (χ0n) is 7.49. The van der Waals surface area contributed by atoms with E-state index >= 15 is 0 Å². The molecule has 1 aromatic rings. The van der Waals surface area contributed by atoms with Crippen molar-refractivity contribution in [1.29, 1.82) is 0 Å². The van der Waals surface area contributed by atoms with Crippen LogP contribution < -0.4 is 4.74 Å². The van der Waals surface area contributed by atoms with E-state index in [2.05, 4.69) is 4.98 Å². The molecule has 1 aromatic heterocycles. The molecule has 0 radical (unpaired) electrons. The highest BCUT2D eigenvalue weighted by Crippen LogP contribution is 2.45. The summed E-state index contributed by atoms with van der Waals surface area (Å²) in [5, 5.41) is 0. The summed E-state index contributed by atoms with van der Waals surface area (Å²) in [7, 11) is 0. The average molecular weight is 177 g/mol. The van der Waals surface area contributed by atoms with E-state index in [9.17, 15) is 4.79 Å². The molecule has 3 nitrogen and oxygen atoms in total. The highest BCUT2D eigenvalue weighted by molar-refractivity contribution is 5.81. The molecule has 1 fully saturated rings. The number of nitrogens with zero attached hydrogens (tertiary/aromatic N) is 1. The smallest absolute Gasteiger partial charge is 0.317 e. The van der Waals surface area contributed by atoms with Crippen LogP contribution in [0.3, 0.4) is 0 Å². The minimum absolute atomic E-state index is 0.138. The summed E-state index contributed by atoms with van der Waals surface area (Å²) < 4.78 is 5.14. The molecule has 0 N–H and O–H groups in total. The van der Waals surface area contributed by atoms with Crippen LogP contribution in [0, 0.1) is 5.41 Å². The van der Waals surface area contributed by atoms with Crippen LogP contribution in [0.2, 0.25) is 0 Å². The van der Waals surface area contributed by atoms with Gasteiger partial charge in [0.15, 0.2) is 0 Å². The van der Waals surface area contributed by atoms with Crippen LogP contribution in [0.25, 0.3) is 0 Å². The van der Waals surface area contributed by atoms with E-state index in [1.54, 1.807) is 24.5 Å². The van der Waals surface area contributed by atoms with E-state index in [1.165, 1.54) is 0 Å². The van der Waals surface area contributed by atoms with Gasteiger partial charge in [-0.1, -0.05) is 0 Å². The predicted molar refractivity (Wildman–Crippen MR) is 47.2 cm³/mol. The Balaban J connectivity index is 2.03. The molecule has 68 valence electrons. The number of carbonyl (C=O) groups is 1. The molecule has 0 aromatic carbocycles. The molecule has 0 unspecified atom stereocenters. The Morgan fingerprint density at radius 2 is 2.38 bits per heavy atom. The number of esters is 1. The van der Waals surface area contributed by atoms with Crippen molar-refractivity contribution in [2.24, 2.45) is 5.41 Å². The topological polar surface area (TPSA) is 39.2 Å². The van der Waals surface area contributed by atoms with E-state index < -0.39 is 0 Å². The number of carbonyl (C=O) groups excluding carboxylic acids is 1. The molecule has 1 heterocycles. The first-order valence-electron chi connectivity index (χ1n) is 4.33. The molecular weight excluding hydrogens is 166 g/mol. The molecule has 2 rings (SSSR count). The van der Waals surface area contributed by atoms with Crippen LogP contribution in [0.15, 0.2) is 24.5 Å². The SMILES string of the molecule is CC1(C(=O)Oc2cccnc2)CC1. The average Bonchev–Trinajstić information content (AvgIpc) is 2.87. The Bertz CT molecular complexity index is 317. The van der Waals surface area contributed by atoms with Crippen LogP contribution in [0.4, 0.5) is 0 Å². The fraction of sp³-hybridized carbons (Fsp3) is 0.400. The lowest BCUT2D eigenvalue weighted by molar-refractivity contribution is -0.139. The summed E-state index contributed by atoms with van der Waals surface area (Å²) in [5.74, 6) is 0.390. The molecule has 0 bridgehead atoms. The van der Waals surface area contributed by atoms with Crippen LogP contribution in [-0.2, 0) is 4.79 Å². The third kappa shape index (κ3) is 1.69. The monoisotopic (exact) mass is 177 g/mol. The molecule has 0 amide bonds. The molecule has 1 aliphatic carbocycles. The van der Waals surface area contributed by atoms with Gasteiger partial charge in [0.25, 0.3) is 0 Å². The Morgan fingerprint density at radius 3 is 2.92 bits per heavy atom. The van der Waals surface area contributed by atoms with Gasteiger partial charge in [0, 0.05) is 6.20 Å². The summed E-state index contributed by atoms with van der Waals surface area (Å²) in [5.41, 5.74) is -0.226. The number of hydrogen-bond donors (Lipinski definition) is 0. The van der Waals surface area contributed by atoms with Crippen LogP contribution in [-0.4, -0.2) is 11.0 Å². The lowest BCUT2D eigenvalue weighted by Gasteiger charge is -2.07. The molecular formula is C10H11NO2. The molecule has 0 saturated heterocycles. The van der Waals surface area contributed by atoms with Gasteiger partial charge in [0.1, 0.15) is 5.75 Å². The Hall–Kier alpha value is -1.38. The molecule has 1 aliphatic rings. The summed E-state index contributed by atoms with van der Waals surface area (Å²) in [6.07, 6.45) is 5.07. The quantitative estimate of drug-likeness (QED) is 0.646. The Labute approximate surface area is 76.7 Å². The molecule has 0 aliphatic heterocycles. The normalized spacial score (nSPS) is 17.9. The first-order valence-corrected chi connectivity index (χ1v) is 4.33. The maximum atomic E-state index is 11.4. The summed E-state index contributed by atoms with van der Waals surface area (Å²) in [4.78, 5) is 15.3. The Kier molecular flexibility index (Phi) is 1.79. The third-order valence-electron chi connectivity index (χ3n) is 2.34. The minimum Gasteiger partial charge on any atom is -0.424 e. The second-order valence-corrected chi connectivity index (χ2v) is 3.64. The van der Waals surface area contributed by atoms with Crippen molar-refractivity contribution in [2.75, 3.05) is 0 Å². The van der Waals surface area contributed by atoms with E-state index in [1.807, 2.05) is 6.92 Å². The van der Waals surface area contributed by atoms with Crippen molar-refractivity contribution in [1.82, 2.24) is 4.98 Å². The van der Waals surface area contributed by atoms with Crippen molar-refractivity contribution in [3.8, 4) is 5.75 Å². The number of ether oxygens (including phenoxy) is 1. The van der Waals surface area contributed by atoms with Gasteiger partial charge >= 0.3 is 5.97 Å². The zero-order chi connectivity index (χ0) is 9.31. The van der Waals surface area contributed by atoms with Crippen molar-refractivity contribution < 1.29 is 9.53 Å². The molecule has 0 spiro atoms. The van der Waals surface area contributed by atoms with E-state index in [4.69, 9.17) is 4.74 Å². The maximum absolute atomic E-state index is 11.4. The summed E-state index contributed by atoms with van der Waals surface area (Å²) in [6.45, 7) is 1.92. The van der Waals surface area contributed by atoms with Crippen LogP contribution >= 0.6 is 0 Å². The van der Waals surface area contributed by atoms with E-state index in [0.29, 0.717) is 5.75 Å².